The summed E-state index contributed by atoms with van der Waals surface area (Å²) in [4.78, 5) is 4.66. The molecule has 1 aliphatic carbocycles. The molecule has 2 aliphatic heterocycles. The third-order valence-corrected chi connectivity index (χ3v) is 12.0. The molecule has 4 aromatic carbocycles. The molecule has 0 amide bonds. The Morgan fingerprint density at radius 3 is 2.02 bits per heavy atom. The maximum absolute atomic E-state index is 10.2. The summed E-state index contributed by atoms with van der Waals surface area (Å²) in [5.74, 6) is 0. The molecule has 2 N–H and O–H groups in total. The monoisotopic (exact) mass is 658 g/mol. The summed E-state index contributed by atoms with van der Waals surface area (Å²) < 4.78 is 0. The van der Waals surface area contributed by atoms with E-state index in [1.54, 1.807) is 0 Å². The van der Waals surface area contributed by atoms with Crippen LogP contribution in [0.15, 0.2) is 119 Å². The van der Waals surface area contributed by atoms with E-state index in [0.717, 1.165) is 35.4 Å². The van der Waals surface area contributed by atoms with Gasteiger partial charge in [-0.15, -0.1) is 0 Å². The Balaban J connectivity index is 1.26. The highest BCUT2D eigenvalue weighted by molar-refractivity contribution is 6.32. The first kappa shape index (κ1) is 32.7. The van der Waals surface area contributed by atoms with Crippen LogP contribution < -0.4 is 9.80 Å². The van der Waals surface area contributed by atoms with Crippen molar-refractivity contribution in [2.24, 2.45) is 0 Å². The Hall–Kier alpha value is -3.83. The van der Waals surface area contributed by atoms with Gasteiger partial charge in [-0.2, -0.15) is 0 Å². The van der Waals surface area contributed by atoms with Crippen molar-refractivity contribution < 1.29 is 10.2 Å². The second kappa shape index (κ2) is 12.2. The number of fused-ring (bicyclic) bond motifs is 6. The lowest BCUT2D eigenvalue weighted by molar-refractivity contribution is 0.277. The van der Waals surface area contributed by atoms with E-state index in [1.807, 2.05) is 0 Å². The van der Waals surface area contributed by atoms with Gasteiger partial charge in [-0.1, -0.05) is 118 Å². The minimum absolute atomic E-state index is 0.0773. The Morgan fingerprint density at radius 2 is 1.35 bits per heavy atom. The highest BCUT2D eigenvalue weighted by Gasteiger charge is 2.52. The molecule has 0 bridgehead atoms. The van der Waals surface area contributed by atoms with Crippen molar-refractivity contribution in [1.82, 2.24) is 0 Å². The number of benzene rings is 4. The summed E-state index contributed by atoms with van der Waals surface area (Å²) >= 11 is 7.26. The zero-order valence-corrected chi connectivity index (χ0v) is 29.6. The predicted molar refractivity (Wildman–Crippen MR) is 203 cm³/mol. The molecule has 0 aromatic heterocycles. The van der Waals surface area contributed by atoms with E-state index in [4.69, 9.17) is 11.6 Å². The Morgan fingerprint density at radius 1 is 0.729 bits per heavy atom. The van der Waals surface area contributed by atoms with Crippen LogP contribution in [-0.4, -0.2) is 42.1 Å². The van der Waals surface area contributed by atoms with Crippen LogP contribution >= 0.6 is 11.6 Å². The fourth-order valence-corrected chi connectivity index (χ4v) is 9.08. The van der Waals surface area contributed by atoms with E-state index in [-0.39, 0.29) is 29.6 Å². The van der Waals surface area contributed by atoms with E-state index in [9.17, 15) is 10.2 Å². The molecular formula is C43H47ClN2O2. The van der Waals surface area contributed by atoms with Crippen LogP contribution in [0, 0.1) is 0 Å². The second-order valence-electron chi connectivity index (χ2n) is 14.8. The quantitative estimate of drug-likeness (QED) is 0.208. The summed E-state index contributed by atoms with van der Waals surface area (Å²) in [5.41, 5.74) is 7.64. The zero-order valence-electron chi connectivity index (χ0n) is 28.9. The number of β-amino-alcohol motifs (C(OH)–C–C–N with tert-alkyl or cyclic N) is 2. The molecule has 0 fully saturated rings. The lowest BCUT2D eigenvalue weighted by atomic mass is 9.69. The molecule has 1 atom stereocenters. The number of rotatable bonds is 7. The Bertz CT molecular complexity index is 2030. The van der Waals surface area contributed by atoms with Gasteiger partial charge in [0.15, 0.2) is 0 Å². The van der Waals surface area contributed by atoms with Gasteiger partial charge in [0.2, 0.25) is 0 Å². The smallest absolute Gasteiger partial charge is 0.0652 e. The fraction of sp³-hybridized carbons (Fsp3) is 0.349. The maximum Gasteiger partial charge on any atom is 0.0652 e. The molecule has 7 rings (SSSR count). The highest BCUT2D eigenvalue weighted by Crippen LogP contribution is 2.55. The minimum Gasteiger partial charge on any atom is -0.395 e. The first-order valence-electron chi connectivity index (χ1n) is 17.4. The highest BCUT2D eigenvalue weighted by atomic mass is 35.5. The average Bonchev–Trinajstić information content (AvgIpc) is 3.40. The van der Waals surface area contributed by atoms with Crippen LogP contribution in [0.2, 0.25) is 0 Å². The molecule has 248 valence electrons. The van der Waals surface area contributed by atoms with E-state index >= 15 is 0 Å². The van der Waals surface area contributed by atoms with Crippen molar-refractivity contribution in [3.8, 4) is 0 Å². The number of hydrogen-bond donors (Lipinski definition) is 2. The van der Waals surface area contributed by atoms with Crippen molar-refractivity contribution in [1.29, 1.82) is 0 Å². The number of nitrogens with zero attached hydrogens (tertiary/aromatic N) is 2. The molecule has 0 spiro atoms. The molecule has 0 saturated heterocycles. The van der Waals surface area contributed by atoms with Crippen LogP contribution in [0.1, 0.15) is 65.0 Å². The van der Waals surface area contributed by atoms with Gasteiger partial charge in [-0.25, -0.2) is 0 Å². The number of hydrogen-bond acceptors (Lipinski definition) is 4. The average molecular weight is 659 g/mol. The van der Waals surface area contributed by atoms with Gasteiger partial charge in [0.05, 0.1) is 18.8 Å². The topological polar surface area (TPSA) is 46.9 Å². The van der Waals surface area contributed by atoms with Gasteiger partial charge in [-0.3, -0.25) is 0 Å². The zero-order chi connectivity index (χ0) is 33.8. The van der Waals surface area contributed by atoms with Crippen molar-refractivity contribution >= 4 is 44.5 Å². The van der Waals surface area contributed by atoms with Gasteiger partial charge >= 0.3 is 0 Å². The molecule has 4 nitrogen and oxygen atoms in total. The van der Waals surface area contributed by atoms with E-state index in [2.05, 4.69) is 142 Å². The minimum atomic E-state index is -0.372. The van der Waals surface area contributed by atoms with Crippen LogP contribution in [-0.2, 0) is 10.8 Å². The second-order valence-corrected chi connectivity index (χ2v) is 15.2. The first-order chi connectivity index (χ1) is 23.0. The van der Waals surface area contributed by atoms with Gasteiger partial charge in [0, 0.05) is 46.0 Å². The van der Waals surface area contributed by atoms with Gasteiger partial charge in [0.25, 0.3) is 0 Å². The van der Waals surface area contributed by atoms with Gasteiger partial charge in [0.1, 0.15) is 0 Å². The summed E-state index contributed by atoms with van der Waals surface area (Å²) in [6.45, 7) is 12.8. The number of aliphatic hydroxyl groups is 2. The maximum atomic E-state index is 10.2. The lowest BCUT2D eigenvalue weighted by Crippen LogP contribution is -2.52. The standard InChI is InChI=1S/C43H47ClN2O2/c1-41(2)37(45(25-27-47)35-20-17-29-11-6-8-15-33(29)38(35)41)22-19-31-13-10-14-32(40(31)44)23-24-43(5)42(3,4)39-34-16-9-7-12-30(34)18-21-36(39)46(43)26-28-48/h6-9,11-12,15-24,47-48H,10,13-14,25-28H2,1-5H3/b24-23+,31-19+,37-22+. The van der Waals surface area contributed by atoms with E-state index in [0.29, 0.717) is 13.1 Å². The third kappa shape index (κ3) is 4.95. The predicted octanol–water partition coefficient (Wildman–Crippen LogP) is 9.67. The van der Waals surface area contributed by atoms with Crippen LogP contribution in [0.3, 0.4) is 0 Å². The number of halogens is 1. The van der Waals surface area contributed by atoms with Crippen LogP contribution in [0.4, 0.5) is 11.4 Å². The SMILES string of the molecule is CC1(C)/C(=C\C=C2/CCCC(/C=C/C3(C)N(CCO)c4ccc5ccccc5c4C3(C)C)=C2Cl)N(CCO)c2ccc3ccccc3c21. The molecule has 0 radical (unpaired) electrons. The molecule has 4 aromatic rings. The summed E-state index contributed by atoms with van der Waals surface area (Å²) in [7, 11) is 0. The largest absolute Gasteiger partial charge is 0.395 e. The first-order valence-corrected chi connectivity index (χ1v) is 17.7. The van der Waals surface area contributed by atoms with Crippen molar-refractivity contribution in [2.75, 3.05) is 36.1 Å². The molecule has 1 unspecified atom stereocenters. The molecule has 0 saturated carbocycles. The van der Waals surface area contributed by atoms with E-state index in [1.165, 1.54) is 49.7 Å². The molecule has 2 heterocycles. The van der Waals surface area contributed by atoms with Gasteiger partial charge < -0.3 is 20.0 Å². The Labute approximate surface area is 290 Å². The van der Waals surface area contributed by atoms with E-state index < -0.39 is 0 Å². The van der Waals surface area contributed by atoms with Crippen LogP contribution in [0.5, 0.6) is 0 Å². The fourth-order valence-electron chi connectivity index (χ4n) is 8.76. The Kier molecular flexibility index (Phi) is 8.35. The summed E-state index contributed by atoms with van der Waals surface area (Å²) in [6.07, 6.45) is 11.9. The third-order valence-electron chi connectivity index (χ3n) is 11.6. The summed E-state index contributed by atoms with van der Waals surface area (Å²) in [5, 5.41) is 26.1. The normalized spacial score (nSPS) is 23.3. The molecule has 3 aliphatic rings. The van der Waals surface area contributed by atoms with Crippen LogP contribution in [0.25, 0.3) is 21.5 Å². The van der Waals surface area contributed by atoms with Crippen molar-refractivity contribution in [3.05, 3.63) is 130 Å². The molecular weight excluding hydrogens is 612 g/mol. The number of aliphatic hydroxyl groups excluding tert-OH is 2. The molecule has 48 heavy (non-hydrogen) atoms. The van der Waals surface area contributed by atoms with Crippen molar-refractivity contribution in [3.63, 3.8) is 0 Å². The van der Waals surface area contributed by atoms with Gasteiger partial charge in [-0.05, 0) is 88.2 Å². The number of anilines is 2. The number of allylic oxidation sites excluding steroid dienone is 7. The van der Waals surface area contributed by atoms with Crippen molar-refractivity contribution in [2.45, 2.75) is 70.3 Å². The lowest BCUT2D eigenvalue weighted by Gasteiger charge is -2.43. The molecule has 5 heteroatoms. The summed E-state index contributed by atoms with van der Waals surface area (Å²) in [6, 6.07) is 26.0.